The average Bonchev–Trinajstić information content (AvgIpc) is 2.69. The summed E-state index contributed by atoms with van der Waals surface area (Å²) in [6.45, 7) is 0. The van der Waals surface area contributed by atoms with Gasteiger partial charge in [0.05, 0.1) is 27.4 Å². The van der Waals surface area contributed by atoms with Gasteiger partial charge in [-0.25, -0.2) is 9.78 Å². The molecule has 0 saturated carbocycles. The number of phenols is 1. The van der Waals surface area contributed by atoms with Crippen molar-refractivity contribution in [2.45, 2.75) is 0 Å². The number of hydrogen-bond acceptors (Lipinski definition) is 3. The Morgan fingerprint density at radius 3 is 2.32 bits per heavy atom. The van der Waals surface area contributed by atoms with Crippen molar-refractivity contribution < 1.29 is 15.0 Å². The van der Waals surface area contributed by atoms with Crippen molar-refractivity contribution in [3.05, 3.63) is 82.3 Å². The van der Waals surface area contributed by atoms with Crippen LogP contribution in [-0.2, 0) is 0 Å². The van der Waals surface area contributed by atoms with E-state index in [-0.39, 0.29) is 17.0 Å². The number of aromatic nitrogens is 1. The molecule has 6 heteroatoms. The number of rotatable bonds is 3. The Kier molecular flexibility index (Phi) is 4.67. The molecule has 3 aromatic carbocycles. The lowest BCUT2D eigenvalue weighted by molar-refractivity contribution is 0.0699. The average molecular weight is 410 g/mol. The number of fused-ring (bicyclic) bond motifs is 1. The molecule has 0 radical (unpaired) electrons. The van der Waals surface area contributed by atoms with Crippen molar-refractivity contribution in [1.82, 2.24) is 4.98 Å². The van der Waals surface area contributed by atoms with Crippen LogP contribution in [0.5, 0.6) is 5.75 Å². The van der Waals surface area contributed by atoms with Gasteiger partial charge in [0, 0.05) is 16.0 Å². The van der Waals surface area contributed by atoms with Gasteiger partial charge in [0.25, 0.3) is 0 Å². The fourth-order valence-corrected chi connectivity index (χ4v) is 3.71. The summed E-state index contributed by atoms with van der Waals surface area (Å²) >= 11 is 12.7. The normalized spacial score (nSPS) is 10.9. The van der Waals surface area contributed by atoms with E-state index in [4.69, 9.17) is 23.2 Å². The van der Waals surface area contributed by atoms with E-state index in [1.807, 2.05) is 30.3 Å². The third-order valence-electron chi connectivity index (χ3n) is 4.47. The molecule has 0 amide bonds. The molecule has 2 N–H and O–H groups in total. The zero-order valence-corrected chi connectivity index (χ0v) is 15.9. The number of hydrogen-bond donors (Lipinski definition) is 2. The van der Waals surface area contributed by atoms with E-state index in [2.05, 4.69) is 4.98 Å². The van der Waals surface area contributed by atoms with E-state index in [1.165, 1.54) is 12.1 Å². The number of nitrogens with zero attached hydrogens (tertiary/aromatic N) is 1. The zero-order chi connectivity index (χ0) is 19.8. The Hall–Kier alpha value is -3.08. The van der Waals surface area contributed by atoms with Gasteiger partial charge in [-0.2, -0.15) is 0 Å². The number of pyridine rings is 1. The number of aromatic carboxylic acids is 1. The van der Waals surface area contributed by atoms with E-state index in [1.54, 1.807) is 24.3 Å². The molecule has 28 heavy (non-hydrogen) atoms. The highest BCUT2D eigenvalue weighted by Crippen LogP contribution is 2.43. The van der Waals surface area contributed by atoms with Crippen LogP contribution in [0.4, 0.5) is 0 Å². The predicted octanol–water partition coefficient (Wildman–Crippen LogP) is 6.28. The molecule has 4 rings (SSSR count). The smallest absolute Gasteiger partial charge is 0.336 e. The first-order valence-corrected chi connectivity index (χ1v) is 9.13. The fraction of sp³-hybridized carbons (Fsp3) is 0. The van der Waals surface area contributed by atoms with E-state index in [0.717, 1.165) is 5.56 Å². The number of phenolic OH excluding ortho intramolecular Hbond substituents is 1. The second-order valence-electron chi connectivity index (χ2n) is 6.18. The molecule has 4 aromatic rings. The molecule has 0 saturated heterocycles. The highest BCUT2D eigenvalue weighted by molar-refractivity contribution is 6.36. The lowest BCUT2D eigenvalue weighted by Crippen LogP contribution is -2.01. The Labute approximate surface area is 170 Å². The minimum atomic E-state index is -1.11. The summed E-state index contributed by atoms with van der Waals surface area (Å²) in [5.41, 5.74) is 2.35. The van der Waals surface area contributed by atoms with E-state index < -0.39 is 5.97 Å². The molecular formula is C22H13Cl2NO3. The Morgan fingerprint density at radius 1 is 0.857 bits per heavy atom. The van der Waals surface area contributed by atoms with Crippen molar-refractivity contribution in [2.75, 3.05) is 0 Å². The van der Waals surface area contributed by atoms with Crippen LogP contribution in [-0.4, -0.2) is 21.2 Å². The van der Waals surface area contributed by atoms with Crippen molar-refractivity contribution in [3.63, 3.8) is 0 Å². The Morgan fingerprint density at radius 2 is 1.61 bits per heavy atom. The number of benzene rings is 3. The van der Waals surface area contributed by atoms with Gasteiger partial charge in [-0.1, -0.05) is 65.7 Å². The molecule has 1 aromatic heterocycles. The summed E-state index contributed by atoms with van der Waals surface area (Å²) in [6.07, 6.45) is 0. The van der Waals surface area contributed by atoms with Crippen molar-refractivity contribution >= 4 is 40.1 Å². The number of carboxylic acid groups (broad SMARTS) is 1. The third-order valence-corrected chi connectivity index (χ3v) is 5.09. The highest BCUT2D eigenvalue weighted by atomic mass is 35.5. The molecule has 0 bridgehead atoms. The molecule has 4 nitrogen and oxygen atoms in total. The van der Waals surface area contributed by atoms with Crippen LogP contribution in [0.25, 0.3) is 33.3 Å². The standard InChI is InChI=1S/C22H13Cl2NO3/c23-15-9-10-18(26)20(19(15)12-5-2-1-3-6-12)17-11-14(22(27)28)13-7-4-8-16(24)21(13)25-17/h1-11,26H,(H,27,28). The van der Waals surface area contributed by atoms with Gasteiger partial charge in [0.1, 0.15) is 5.75 Å². The maximum Gasteiger partial charge on any atom is 0.336 e. The Bertz CT molecular complexity index is 1220. The van der Waals surface area contributed by atoms with Gasteiger partial charge in [-0.3, -0.25) is 0 Å². The monoisotopic (exact) mass is 409 g/mol. The summed E-state index contributed by atoms with van der Waals surface area (Å²) in [5.74, 6) is -1.17. The molecule has 138 valence electrons. The third kappa shape index (κ3) is 3.07. The lowest BCUT2D eigenvalue weighted by atomic mass is 9.94. The molecule has 0 aliphatic rings. The fourth-order valence-electron chi connectivity index (χ4n) is 3.23. The van der Waals surface area contributed by atoms with Gasteiger partial charge in [0.2, 0.25) is 0 Å². The molecule has 0 spiro atoms. The molecule has 0 aliphatic heterocycles. The molecule has 0 aliphatic carbocycles. The summed E-state index contributed by atoms with van der Waals surface area (Å²) < 4.78 is 0. The van der Waals surface area contributed by atoms with E-state index >= 15 is 0 Å². The van der Waals surface area contributed by atoms with Crippen molar-refractivity contribution in [2.24, 2.45) is 0 Å². The first-order valence-electron chi connectivity index (χ1n) is 8.37. The topological polar surface area (TPSA) is 70.4 Å². The molecule has 1 heterocycles. The van der Waals surface area contributed by atoms with Gasteiger partial charge in [0.15, 0.2) is 0 Å². The second kappa shape index (κ2) is 7.15. The number of aromatic hydroxyl groups is 1. The van der Waals surface area contributed by atoms with Crippen LogP contribution in [0, 0.1) is 0 Å². The number of para-hydroxylation sites is 1. The predicted molar refractivity (Wildman–Crippen MR) is 111 cm³/mol. The lowest BCUT2D eigenvalue weighted by Gasteiger charge is -2.15. The zero-order valence-electron chi connectivity index (χ0n) is 14.4. The largest absolute Gasteiger partial charge is 0.507 e. The van der Waals surface area contributed by atoms with Crippen LogP contribution in [0.1, 0.15) is 10.4 Å². The van der Waals surface area contributed by atoms with Crippen molar-refractivity contribution in [3.8, 4) is 28.1 Å². The van der Waals surface area contributed by atoms with Crippen LogP contribution < -0.4 is 0 Å². The van der Waals surface area contributed by atoms with E-state index in [9.17, 15) is 15.0 Å². The molecule has 0 fully saturated rings. The van der Waals surface area contributed by atoms with Crippen LogP contribution in [0.3, 0.4) is 0 Å². The number of halogens is 2. The quantitative estimate of drug-likeness (QED) is 0.417. The first-order chi connectivity index (χ1) is 13.5. The van der Waals surface area contributed by atoms with Gasteiger partial charge in [-0.05, 0) is 29.8 Å². The van der Waals surface area contributed by atoms with Gasteiger partial charge < -0.3 is 10.2 Å². The van der Waals surface area contributed by atoms with Gasteiger partial charge >= 0.3 is 5.97 Å². The minimum absolute atomic E-state index is 0.0425. The number of carbonyl (C=O) groups is 1. The maximum atomic E-state index is 11.9. The van der Waals surface area contributed by atoms with Crippen LogP contribution in [0.2, 0.25) is 10.0 Å². The minimum Gasteiger partial charge on any atom is -0.507 e. The molecule has 0 unspecified atom stereocenters. The van der Waals surface area contributed by atoms with E-state index in [0.29, 0.717) is 32.1 Å². The summed E-state index contributed by atoms with van der Waals surface area (Å²) in [4.78, 5) is 16.4. The SMILES string of the molecule is O=C(O)c1cc(-c2c(O)ccc(Cl)c2-c2ccccc2)nc2c(Cl)cccc12. The van der Waals surface area contributed by atoms with Crippen molar-refractivity contribution in [1.29, 1.82) is 0 Å². The first kappa shape index (κ1) is 18.3. The summed E-state index contributed by atoms with van der Waals surface area (Å²) in [6, 6.07) is 18.7. The second-order valence-corrected chi connectivity index (χ2v) is 6.99. The van der Waals surface area contributed by atoms with Crippen LogP contribution in [0.15, 0.2) is 66.7 Å². The highest BCUT2D eigenvalue weighted by Gasteiger charge is 2.21. The molecule has 0 atom stereocenters. The summed E-state index contributed by atoms with van der Waals surface area (Å²) in [7, 11) is 0. The van der Waals surface area contributed by atoms with Crippen LogP contribution >= 0.6 is 23.2 Å². The van der Waals surface area contributed by atoms with Gasteiger partial charge in [-0.15, -0.1) is 0 Å². The number of carboxylic acids is 1. The summed E-state index contributed by atoms with van der Waals surface area (Å²) in [5, 5.41) is 21.5. The Balaban J connectivity index is 2.11. The maximum absolute atomic E-state index is 11.9. The molecular weight excluding hydrogens is 397 g/mol.